The monoisotopic (exact) mass is 260 g/mol. The second kappa shape index (κ2) is 5.45. The van der Waals surface area contributed by atoms with Crippen molar-refractivity contribution in [1.29, 1.82) is 0 Å². The van der Waals surface area contributed by atoms with E-state index in [1.807, 2.05) is 0 Å². The average molecular weight is 260 g/mol. The molecule has 17 heavy (non-hydrogen) atoms. The summed E-state index contributed by atoms with van der Waals surface area (Å²) in [4.78, 5) is 29.0. The topological polar surface area (TPSA) is 87.0 Å². The number of carboxylic acids is 1. The number of hydrogen-bond donors (Lipinski definition) is 3. The first-order valence-electron chi connectivity index (χ1n) is 5.23. The molecule has 0 aliphatic carbocycles. The predicted molar refractivity (Wildman–Crippen MR) is 66.3 cm³/mol. The molecular formula is C11H17O5P. The van der Waals surface area contributed by atoms with Gasteiger partial charge in [-0.05, 0) is 0 Å². The van der Waals surface area contributed by atoms with Crippen LogP contribution in [0.3, 0.4) is 0 Å². The van der Waals surface area contributed by atoms with E-state index in [9.17, 15) is 4.79 Å². The van der Waals surface area contributed by atoms with Crippen molar-refractivity contribution in [3.05, 3.63) is 29.8 Å². The molecule has 0 radical (unpaired) electrons. The summed E-state index contributed by atoms with van der Waals surface area (Å²) in [6.45, 7) is 2.88. The van der Waals surface area contributed by atoms with Crippen molar-refractivity contribution in [2.75, 3.05) is 6.66 Å². The van der Waals surface area contributed by atoms with Crippen LogP contribution in [-0.4, -0.2) is 27.5 Å². The van der Waals surface area contributed by atoms with E-state index in [1.165, 1.54) is 6.66 Å². The third-order valence-corrected chi connectivity index (χ3v) is 2.82. The van der Waals surface area contributed by atoms with E-state index >= 15 is 0 Å². The molecule has 0 saturated heterocycles. The van der Waals surface area contributed by atoms with Gasteiger partial charge in [-0.1, -0.05) is 0 Å². The van der Waals surface area contributed by atoms with E-state index in [0.29, 0.717) is 12.2 Å². The summed E-state index contributed by atoms with van der Waals surface area (Å²) in [6, 6.07) is 6.63. The average Bonchev–Trinajstić information content (AvgIpc) is 2.18. The number of rotatable bonds is 5. The number of aliphatic carboxylic acids is 1. The first-order valence-corrected chi connectivity index (χ1v) is 7.54. The molecule has 0 fully saturated rings. The zero-order valence-electron chi connectivity index (χ0n) is 9.75. The third kappa shape index (κ3) is 5.13. The quantitative estimate of drug-likeness (QED) is 0.697. The Bertz CT molecular complexity index is 382. The molecule has 1 aromatic rings. The first kappa shape index (κ1) is 13.9. The van der Waals surface area contributed by atoms with Gasteiger partial charge in [-0.15, -0.1) is 0 Å². The molecule has 0 aliphatic heterocycles. The van der Waals surface area contributed by atoms with Crippen molar-refractivity contribution >= 4 is 13.9 Å². The molecule has 0 spiro atoms. The molecule has 5 nitrogen and oxygen atoms in total. The zero-order chi connectivity index (χ0) is 13.1. The minimum absolute atomic E-state index is 0.371. The summed E-state index contributed by atoms with van der Waals surface area (Å²) in [7, 11) is -3.56. The van der Waals surface area contributed by atoms with Gasteiger partial charge in [0.15, 0.2) is 0 Å². The van der Waals surface area contributed by atoms with Crippen LogP contribution in [0.2, 0.25) is 0 Å². The van der Waals surface area contributed by atoms with Gasteiger partial charge < -0.3 is 0 Å². The van der Waals surface area contributed by atoms with Crippen LogP contribution in [-0.2, 0) is 11.2 Å². The summed E-state index contributed by atoms with van der Waals surface area (Å²) in [5.41, 5.74) is 0.867. The summed E-state index contributed by atoms with van der Waals surface area (Å²) in [5.74, 6) is -0.913. The van der Waals surface area contributed by atoms with Crippen molar-refractivity contribution in [2.24, 2.45) is 5.92 Å². The Labute approximate surface area is 100 Å². The summed E-state index contributed by atoms with van der Waals surface area (Å²) < 4.78 is 4.94. The first-order chi connectivity index (χ1) is 7.78. The van der Waals surface area contributed by atoms with Crippen molar-refractivity contribution in [3.8, 4) is 5.75 Å². The van der Waals surface area contributed by atoms with E-state index in [0.717, 1.165) is 5.56 Å². The van der Waals surface area contributed by atoms with Gasteiger partial charge in [-0.3, -0.25) is 0 Å². The molecular weight excluding hydrogens is 243 g/mol. The van der Waals surface area contributed by atoms with Gasteiger partial charge in [0.05, 0.1) is 0 Å². The fourth-order valence-electron chi connectivity index (χ4n) is 1.36. The van der Waals surface area contributed by atoms with Gasteiger partial charge in [0.2, 0.25) is 0 Å². The van der Waals surface area contributed by atoms with Crippen LogP contribution in [0, 0.1) is 5.92 Å². The molecule has 0 aliphatic rings. The van der Waals surface area contributed by atoms with Crippen LogP contribution in [0.15, 0.2) is 24.3 Å². The Hall–Kier alpha value is -1.16. The molecule has 0 heterocycles. The fraction of sp³-hybridized carbons (Fsp3) is 0.364. The number of hydrogen-bond acceptors (Lipinski definition) is 4. The number of carboxylic acid groups (broad SMARTS) is 1. The Morgan fingerprint density at radius 1 is 1.35 bits per heavy atom. The maximum absolute atomic E-state index is 10.7. The second-order valence-corrected chi connectivity index (χ2v) is 6.20. The normalized spacial score (nSPS) is 14.1. The molecule has 0 bridgehead atoms. The maximum atomic E-state index is 10.7. The molecule has 96 valence electrons. The van der Waals surface area contributed by atoms with E-state index in [1.54, 1.807) is 31.2 Å². The molecule has 1 atom stereocenters. The number of benzene rings is 1. The van der Waals surface area contributed by atoms with Gasteiger partial charge in [-0.25, -0.2) is 0 Å². The van der Waals surface area contributed by atoms with Gasteiger partial charge in [0.1, 0.15) is 0 Å². The fourth-order valence-corrected chi connectivity index (χ4v) is 1.94. The molecule has 0 amide bonds. The SMILES string of the molecule is CC(Cc1ccc(O[PH](C)(O)O)cc1)C(=O)O. The summed E-state index contributed by atoms with van der Waals surface area (Å²) in [5, 5.41) is 8.77. The summed E-state index contributed by atoms with van der Waals surface area (Å²) >= 11 is 0. The zero-order valence-corrected chi connectivity index (χ0v) is 10.8. The Kier molecular flexibility index (Phi) is 4.46. The molecule has 0 aromatic heterocycles. The van der Waals surface area contributed by atoms with E-state index in [4.69, 9.17) is 19.4 Å². The second-order valence-electron chi connectivity index (χ2n) is 4.12. The van der Waals surface area contributed by atoms with Gasteiger partial charge in [0.25, 0.3) is 0 Å². The molecule has 1 aromatic carbocycles. The molecule has 0 saturated carbocycles. The number of carbonyl (C=O) groups is 1. The van der Waals surface area contributed by atoms with Gasteiger partial charge >= 0.3 is 99.6 Å². The van der Waals surface area contributed by atoms with Crippen LogP contribution in [0.4, 0.5) is 0 Å². The van der Waals surface area contributed by atoms with E-state index < -0.39 is 19.8 Å². The molecule has 3 N–H and O–H groups in total. The Balaban J connectivity index is 2.65. The minimum atomic E-state index is -3.56. The Morgan fingerprint density at radius 2 is 1.88 bits per heavy atom. The standard InChI is InChI=1S/C11H17O5P/c1-8(11(12)13)7-9-3-5-10(6-4-9)16-17(2,14)15/h3-6,8,14-15,17H,7H2,1-2H3,(H,12,13). The van der Waals surface area contributed by atoms with Crippen LogP contribution in [0.1, 0.15) is 12.5 Å². The van der Waals surface area contributed by atoms with Crippen LogP contribution in [0.5, 0.6) is 5.75 Å². The van der Waals surface area contributed by atoms with E-state index in [-0.39, 0.29) is 0 Å². The van der Waals surface area contributed by atoms with Gasteiger partial charge in [0, 0.05) is 0 Å². The predicted octanol–water partition coefficient (Wildman–Crippen LogP) is 1.44. The Morgan fingerprint density at radius 3 is 2.29 bits per heavy atom. The molecule has 1 rings (SSSR count). The van der Waals surface area contributed by atoms with Crippen LogP contribution >= 0.6 is 7.94 Å². The van der Waals surface area contributed by atoms with Crippen LogP contribution < -0.4 is 4.52 Å². The van der Waals surface area contributed by atoms with Gasteiger partial charge in [-0.2, -0.15) is 0 Å². The third-order valence-electron chi connectivity index (χ3n) is 2.20. The summed E-state index contributed by atoms with van der Waals surface area (Å²) in [6.07, 6.45) is 0.433. The van der Waals surface area contributed by atoms with E-state index in [2.05, 4.69) is 0 Å². The van der Waals surface area contributed by atoms with Crippen molar-refractivity contribution in [3.63, 3.8) is 0 Å². The molecule has 6 heteroatoms. The molecule has 1 unspecified atom stereocenters. The van der Waals surface area contributed by atoms with Crippen molar-refractivity contribution < 1.29 is 24.2 Å². The van der Waals surface area contributed by atoms with Crippen molar-refractivity contribution in [1.82, 2.24) is 0 Å². The van der Waals surface area contributed by atoms with Crippen LogP contribution in [0.25, 0.3) is 0 Å². The van der Waals surface area contributed by atoms with Crippen molar-refractivity contribution in [2.45, 2.75) is 13.3 Å².